The van der Waals surface area contributed by atoms with E-state index >= 15 is 0 Å². The van der Waals surface area contributed by atoms with Crippen LogP contribution in [0.15, 0.2) is 42.5 Å². The maximum Gasteiger partial charge on any atom is 0.170 e. The van der Waals surface area contributed by atoms with Crippen LogP contribution < -0.4 is 10.6 Å². The zero-order valence-corrected chi connectivity index (χ0v) is 16.6. The highest BCUT2D eigenvalue weighted by molar-refractivity contribution is 7.80. The molecule has 144 valence electrons. The third-order valence-corrected chi connectivity index (χ3v) is 5.08. The Morgan fingerprint density at radius 1 is 1.15 bits per heavy atom. The van der Waals surface area contributed by atoms with E-state index in [4.69, 9.17) is 17.0 Å². The summed E-state index contributed by atoms with van der Waals surface area (Å²) >= 11 is 5.50. The van der Waals surface area contributed by atoms with Crippen LogP contribution in [0.5, 0.6) is 0 Å². The molecule has 2 aromatic carbocycles. The Balaban J connectivity index is 1.67. The number of aryl methyl sites for hydroxylation is 2. The minimum atomic E-state index is -0.223. The number of hydrogen-bond donors (Lipinski definition) is 2. The molecule has 2 aromatic rings. The predicted molar refractivity (Wildman–Crippen MR) is 112 cm³/mol. The fourth-order valence-corrected chi connectivity index (χ4v) is 3.45. The summed E-state index contributed by atoms with van der Waals surface area (Å²) in [7, 11) is 0. The summed E-state index contributed by atoms with van der Waals surface area (Å²) in [6.07, 6.45) is 0. The van der Waals surface area contributed by atoms with Crippen LogP contribution >= 0.6 is 12.2 Å². The van der Waals surface area contributed by atoms with Gasteiger partial charge in [-0.25, -0.2) is 4.39 Å². The lowest BCUT2D eigenvalue weighted by Gasteiger charge is -2.35. The average Bonchev–Trinajstić information content (AvgIpc) is 2.67. The minimum absolute atomic E-state index is 0.104. The topological polar surface area (TPSA) is 36.5 Å². The molecule has 6 heteroatoms. The van der Waals surface area contributed by atoms with Crippen molar-refractivity contribution in [3.8, 4) is 0 Å². The Morgan fingerprint density at radius 2 is 1.85 bits per heavy atom. The summed E-state index contributed by atoms with van der Waals surface area (Å²) < 4.78 is 18.8. The number of rotatable bonds is 5. The minimum Gasteiger partial charge on any atom is -0.379 e. The van der Waals surface area contributed by atoms with Crippen molar-refractivity contribution >= 4 is 23.0 Å². The first-order chi connectivity index (χ1) is 13.0. The first-order valence-electron chi connectivity index (χ1n) is 9.22. The third kappa shape index (κ3) is 5.48. The first-order valence-corrected chi connectivity index (χ1v) is 9.63. The zero-order valence-electron chi connectivity index (χ0n) is 15.8. The van der Waals surface area contributed by atoms with Crippen LogP contribution in [0.1, 0.15) is 22.7 Å². The van der Waals surface area contributed by atoms with Crippen molar-refractivity contribution in [2.75, 3.05) is 38.2 Å². The zero-order chi connectivity index (χ0) is 19.2. The highest BCUT2D eigenvalue weighted by atomic mass is 32.1. The van der Waals surface area contributed by atoms with Crippen molar-refractivity contribution < 1.29 is 9.13 Å². The molecule has 1 atom stereocenters. The molecule has 0 aromatic heterocycles. The number of ether oxygens (including phenoxy) is 1. The smallest absolute Gasteiger partial charge is 0.170 e. The molecule has 1 fully saturated rings. The van der Waals surface area contributed by atoms with E-state index in [2.05, 4.69) is 47.6 Å². The lowest BCUT2D eigenvalue weighted by Crippen LogP contribution is -2.44. The second-order valence-corrected chi connectivity index (χ2v) is 7.28. The third-order valence-electron chi connectivity index (χ3n) is 4.84. The molecular weight excluding hydrogens is 361 g/mol. The van der Waals surface area contributed by atoms with Gasteiger partial charge in [-0.05, 0) is 61.0 Å². The van der Waals surface area contributed by atoms with Gasteiger partial charge in [0.05, 0.1) is 19.3 Å². The molecule has 0 aliphatic carbocycles. The molecule has 1 aliphatic heterocycles. The molecular formula is C21H26FN3OS. The van der Waals surface area contributed by atoms with Gasteiger partial charge in [-0.1, -0.05) is 24.3 Å². The van der Waals surface area contributed by atoms with Crippen molar-refractivity contribution in [2.45, 2.75) is 19.9 Å². The Bertz CT molecular complexity index is 775. The maximum atomic E-state index is 13.3. The SMILES string of the molecule is Cc1ccc(C)c(NC(=S)NC[C@@H](c2ccc(F)cc2)N2CCOCC2)c1. The average molecular weight is 388 g/mol. The summed E-state index contributed by atoms with van der Waals surface area (Å²) in [5.41, 5.74) is 4.41. The molecule has 27 heavy (non-hydrogen) atoms. The Hall–Kier alpha value is -2.02. The van der Waals surface area contributed by atoms with Crippen molar-refractivity contribution in [3.63, 3.8) is 0 Å². The largest absolute Gasteiger partial charge is 0.379 e. The van der Waals surface area contributed by atoms with Crippen molar-refractivity contribution in [1.82, 2.24) is 10.2 Å². The fraction of sp³-hybridized carbons (Fsp3) is 0.381. The first kappa shape index (κ1) is 19.7. The molecule has 1 heterocycles. The summed E-state index contributed by atoms with van der Waals surface area (Å²) in [5.74, 6) is -0.223. The predicted octanol–water partition coefficient (Wildman–Crippen LogP) is 3.80. The monoisotopic (exact) mass is 387 g/mol. The molecule has 0 unspecified atom stereocenters. The second kappa shape index (κ2) is 9.26. The number of nitrogens with zero attached hydrogens (tertiary/aromatic N) is 1. The van der Waals surface area contributed by atoms with E-state index in [0.29, 0.717) is 24.9 Å². The number of morpholine rings is 1. The van der Waals surface area contributed by atoms with Gasteiger partial charge in [0.15, 0.2) is 5.11 Å². The Kier molecular flexibility index (Phi) is 6.77. The van der Waals surface area contributed by atoms with Crippen molar-refractivity contribution in [1.29, 1.82) is 0 Å². The highest BCUT2D eigenvalue weighted by Gasteiger charge is 2.23. The number of hydrogen-bond acceptors (Lipinski definition) is 3. The van der Waals surface area contributed by atoms with E-state index in [1.54, 1.807) is 0 Å². The Morgan fingerprint density at radius 3 is 2.56 bits per heavy atom. The normalized spacial score (nSPS) is 16.0. The number of nitrogens with one attached hydrogen (secondary N) is 2. The molecule has 1 saturated heterocycles. The quantitative estimate of drug-likeness (QED) is 0.763. The molecule has 0 bridgehead atoms. The van der Waals surface area contributed by atoms with Crippen LogP contribution in [0, 0.1) is 19.7 Å². The van der Waals surface area contributed by atoms with Gasteiger partial charge < -0.3 is 15.4 Å². The molecule has 4 nitrogen and oxygen atoms in total. The number of thiocarbonyl (C=S) groups is 1. The van der Waals surface area contributed by atoms with E-state index in [1.807, 2.05) is 12.1 Å². The summed E-state index contributed by atoms with van der Waals surface area (Å²) in [6, 6.07) is 13.1. The van der Waals surface area contributed by atoms with Crippen molar-refractivity contribution in [3.05, 3.63) is 65.0 Å². The van der Waals surface area contributed by atoms with Gasteiger partial charge in [-0.15, -0.1) is 0 Å². The molecule has 0 spiro atoms. The van der Waals surface area contributed by atoms with E-state index in [9.17, 15) is 4.39 Å². The summed E-state index contributed by atoms with van der Waals surface area (Å²) in [4.78, 5) is 2.35. The molecule has 0 saturated carbocycles. The Labute approximate surface area is 165 Å². The van der Waals surface area contributed by atoms with Crippen LogP contribution in [-0.4, -0.2) is 42.9 Å². The lowest BCUT2D eigenvalue weighted by molar-refractivity contribution is 0.0170. The van der Waals surface area contributed by atoms with Crippen LogP contribution in [0.25, 0.3) is 0 Å². The van der Waals surface area contributed by atoms with Gasteiger partial charge >= 0.3 is 0 Å². The molecule has 3 rings (SSSR count). The van der Waals surface area contributed by atoms with Gasteiger partial charge in [-0.2, -0.15) is 0 Å². The maximum absolute atomic E-state index is 13.3. The molecule has 0 radical (unpaired) electrons. The van der Waals surface area contributed by atoms with Crippen LogP contribution in [0.4, 0.5) is 10.1 Å². The van der Waals surface area contributed by atoms with Gasteiger partial charge in [0.2, 0.25) is 0 Å². The summed E-state index contributed by atoms with van der Waals surface area (Å²) in [5, 5.41) is 7.21. The van der Waals surface area contributed by atoms with E-state index in [-0.39, 0.29) is 11.9 Å². The van der Waals surface area contributed by atoms with Crippen LogP contribution in [-0.2, 0) is 4.74 Å². The van der Waals surface area contributed by atoms with Crippen LogP contribution in [0.3, 0.4) is 0 Å². The molecule has 0 amide bonds. The van der Waals surface area contributed by atoms with Gasteiger partial charge in [0, 0.05) is 25.3 Å². The molecule has 1 aliphatic rings. The molecule has 2 N–H and O–H groups in total. The number of anilines is 1. The second-order valence-electron chi connectivity index (χ2n) is 6.87. The number of halogens is 1. The van der Waals surface area contributed by atoms with E-state index in [0.717, 1.165) is 29.9 Å². The fourth-order valence-electron chi connectivity index (χ4n) is 3.26. The van der Waals surface area contributed by atoms with E-state index < -0.39 is 0 Å². The van der Waals surface area contributed by atoms with Crippen LogP contribution in [0.2, 0.25) is 0 Å². The highest BCUT2D eigenvalue weighted by Crippen LogP contribution is 2.22. The number of benzene rings is 2. The van der Waals surface area contributed by atoms with Gasteiger partial charge in [0.1, 0.15) is 5.82 Å². The van der Waals surface area contributed by atoms with Crippen molar-refractivity contribution in [2.24, 2.45) is 0 Å². The van der Waals surface area contributed by atoms with Gasteiger partial charge in [0.25, 0.3) is 0 Å². The summed E-state index contributed by atoms with van der Waals surface area (Å²) in [6.45, 7) is 7.87. The standard InChI is InChI=1S/C21H26FN3OS/c1-15-3-4-16(2)19(13-15)24-21(27)23-14-20(25-9-11-26-12-10-25)17-5-7-18(22)8-6-17/h3-8,13,20H,9-12,14H2,1-2H3,(H2,23,24,27)/t20-/m0/s1. The van der Waals surface area contributed by atoms with Gasteiger partial charge in [-0.3, -0.25) is 4.90 Å². The lowest BCUT2D eigenvalue weighted by atomic mass is 10.0. The van der Waals surface area contributed by atoms with E-state index in [1.165, 1.54) is 17.7 Å².